The first-order chi connectivity index (χ1) is 13.6. The Kier molecular flexibility index (Phi) is 6.49. The van der Waals surface area contributed by atoms with E-state index in [1.165, 1.54) is 12.1 Å². The van der Waals surface area contributed by atoms with Crippen molar-refractivity contribution in [3.05, 3.63) is 58.8 Å². The second-order valence-electron chi connectivity index (χ2n) is 7.95. The molecule has 1 N–H and O–H groups in total. The largest absolute Gasteiger partial charge is 0.346 e. The second-order valence-corrected chi connectivity index (χ2v) is 8.34. The molecule has 3 rings (SSSR count). The normalized spacial score (nSPS) is 18.0. The molecular weight excluding hydrogens is 390 g/mol. The van der Waals surface area contributed by atoms with Crippen LogP contribution in [0.2, 0.25) is 0 Å². The summed E-state index contributed by atoms with van der Waals surface area (Å²) in [6.45, 7) is 10.3. The van der Waals surface area contributed by atoms with Crippen LogP contribution in [-0.2, 0) is 12.5 Å². The first-order valence-corrected chi connectivity index (χ1v) is 10.2. The van der Waals surface area contributed by atoms with Gasteiger partial charge in [-0.3, -0.25) is 4.90 Å². The molecule has 2 heterocycles. The van der Waals surface area contributed by atoms with Crippen molar-refractivity contribution >= 4 is 23.1 Å². The van der Waals surface area contributed by atoms with Crippen LogP contribution < -0.4 is 5.32 Å². The predicted molar refractivity (Wildman–Crippen MR) is 117 cm³/mol. The first kappa shape index (κ1) is 21.6. The second kappa shape index (κ2) is 8.71. The highest BCUT2D eigenvalue weighted by Gasteiger charge is 2.26. The maximum Gasteiger partial charge on any atom is 0.270 e. The summed E-state index contributed by atoms with van der Waals surface area (Å²) in [5, 5.41) is 3.94. The summed E-state index contributed by atoms with van der Waals surface area (Å²) in [4.78, 5) is 9.01. The van der Waals surface area contributed by atoms with Crippen LogP contribution in [0.1, 0.15) is 36.2 Å². The molecule has 0 unspecified atom stereocenters. The Hall–Kier alpha value is -2.12. The fourth-order valence-corrected chi connectivity index (χ4v) is 3.92. The molecule has 4 nitrogen and oxygen atoms in total. The third-order valence-corrected chi connectivity index (χ3v) is 5.59. The topological polar surface area (TPSA) is 31.4 Å². The van der Waals surface area contributed by atoms with Gasteiger partial charge >= 0.3 is 0 Å². The van der Waals surface area contributed by atoms with E-state index in [2.05, 4.69) is 27.0 Å². The average Bonchev–Trinajstić information content (AvgIpc) is 2.62. The van der Waals surface area contributed by atoms with Crippen LogP contribution in [0.3, 0.4) is 0 Å². The summed E-state index contributed by atoms with van der Waals surface area (Å²) in [5.74, 6) is -2.03. The molecule has 0 amide bonds. The number of rotatable bonds is 4. The van der Waals surface area contributed by atoms with Crippen molar-refractivity contribution < 1.29 is 8.78 Å². The number of nitrogens with zero attached hydrogens (tertiary/aromatic N) is 3. The van der Waals surface area contributed by atoms with E-state index in [0.717, 1.165) is 55.7 Å². The van der Waals surface area contributed by atoms with Crippen LogP contribution in [0.5, 0.6) is 0 Å². The van der Waals surface area contributed by atoms with Crippen molar-refractivity contribution in [3.63, 3.8) is 0 Å². The van der Waals surface area contributed by atoms with Crippen molar-refractivity contribution in [3.8, 4) is 0 Å². The first-order valence-electron chi connectivity index (χ1n) is 9.84. The van der Waals surface area contributed by atoms with Gasteiger partial charge in [-0.1, -0.05) is 24.3 Å². The highest BCUT2D eigenvalue weighted by atomic mass is 32.1. The number of anilines is 1. The van der Waals surface area contributed by atoms with Gasteiger partial charge in [0.2, 0.25) is 0 Å². The number of nitrogens with one attached hydrogen (secondary N) is 1. The minimum Gasteiger partial charge on any atom is -0.346 e. The number of hydrogen-bond acceptors (Lipinski definition) is 3. The van der Waals surface area contributed by atoms with E-state index in [0.29, 0.717) is 11.2 Å². The predicted octanol–water partition coefficient (Wildman–Crippen LogP) is 4.71. The van der Waals surface area contributed by atoms with Gasteiger partial charge < -0.3 is 10.2 Å². The van der Waals surface area contributed by atoms with E-state index in [1.807, 2.05) is 26.0 Å². The van der Waals surface area contributed by atoms with Gasteiger partial charge in [0.25, 0.3) is 5.92 Å². The Balaban J connectivity index is 1.56. The van der Waals surface area contributed by atoms with Gasteiger partial charge in [0, 0.05) is 50.4 Å². The van der Waals surface area contributed by atoms with E-state index in [9.17, 15) is 8.78 Å². The Morgan fingerprint density at radius 2 is 1.90 bits per heavy atom. The fourth-order valence-electron chi connectivity index (χ4n) is 3.65. The molecule has 1 saturated heterocycles. The molecule has 1 fully saturated rings. The van der Waals surface area contributed by atoms with Gasteiger partial charge in [-0.05, 0) is 56.2 Å². The number of alkyl halides is 2. The number of aryl methyl sites for hydroxylation is 2. The zero-order chi connectivity index (χ0) is 21.2. The molecule has 0 saturated carbocycles. The molecule has 1 aromatic carbocycles. The molecule has 1 aromatic heterocycles. The van der Waals surface area contributed by atoms with E-state index >= 15 is 0 Å². The van der Waals surface area contributed by atoms with Crippen molar-refractivity contribution in [1.29, 1.82) is 0 Å². The minimum atomic E-state index is -2.80. The molecule has 156 valence electrons. The van der Waals surface area contributed by atoms with Crippen molar-refractivity contribution in [2.24, 2.45) is 0 Å². The Morgan fingerprint density at radius 3 is 2.48 bits per heavy atom. The lowest BCUT2D eigenvalue weighted by Crippen LogP contribution is -2.54. The fraction of sp³-hybridized carbons (Fsp3) is 0.455. The molecule has 0 spiro atoms. The van der Waals surface area contributed by atoms with Crippen LogP contribution in [0.15, 0.2) is 36.4 Å². The zero-order valence-corrected chi connectivity index (χ0v) is 18.2. The maximum atomic E-state index is 13.4. The highest BCUT2D eigenvalue weighted by molar-refractivity contribution is 7.80. The summed E-state index contributed by atoms with van der Waals surface area (Å²) in [6.07, 6.45) is 0. The lowest BCUT2D eigenvalue weighted by Gasteiger charge is -2.41. The van der Waals surface area contributed by atoms with Gasteiger partial charge in [0.1, 0.15) is 5.82 Å². The Bertz CT molecular complexity index is 844. The number of benzene rings is 1. The average molecular weight is 419 g/mol. The molecule has 7 heteroatoms. The standard InChI is InChI=1S/C22H28F2N4S/c1-15-11-16(2)25-20(12-15)26-21(29)28-10-9-27(17(3)13-28)14-18-5-7-19(8-6-18)22(4,23)24/h5-8,11-12,17H,9-10,13-14H2,1-4H3,(H,25,26,29)/t17-/m1/s1. The number of thiocarbonyl (C=S) groups is 1. The smallest absolute Gasteiger partial charge is 0.270 e. The van der Waals surface area contributed by atoms with Gasteiger partial charge in [-0.2, -0.15) is 0 Å². The Labute approximate surface area is 176 Å². The molecule has 2 aromatic rings. The van der Waals surface area contributed by atoms with Gasteiger partial charge in [-0.25, -0.2) is 13.8 Å². The van der Waals surface area contributed by atoms with Crippen molar-refractivity contribution in [2.75, 3.05) is 25.0 Å². The van der Waals surface area contributed by atoms with E-state index in [4.69, 9.17) is 12.2 Å². The molecule has 1 aliphatic rings. The number of piperazine rings is 1. The van der Waals surface area contributed by atoms with Crippen LogP contribution in [0, 0.1) is 13.8 Å². The minimum absolute atomic E-state index is 0.0514. The van der Waals surface area contributed by atoms with Crippen LogP contribution in [0.4, 0.5) is 14.6 Å². The van der Waals surface area contributed by atoms with Crippen LogP contribution in [0.25, 0.3) is 0 Å². The summed E-state index contributed by atoms with van der Waals surface area (Å²) in [6, 6.07) is 10.9. The zero-order valence-electron chi connectivity index (χ0n) is 17.4. The van der Waals surface area contributed by atoms with Crippen LogP contribution >= 0.6 is 12.2 Å². The number of halogens is 2. The molecule has 0 radical (unpaired) electrons. The molecule has 1 atom stereocenters. The number of aromatic nitrogens is 1. The van der Waals surface area contributed by atoms with Gasteiger partial charge in [0.05, 0.1) is 0 Å². The number of hydrogen-bond donors (Lipinski definition) is 1. The molecular formula is C22H28F2N4S. The molecule has 0 bridgehead atoms. The van der Waals surface area contributed by atoms with E-state index < -0.39 is 5.92 Å². The van der Waals surface area contributed by atoms with Crippen molar-refractivity contribution in [2.45, 2.75) is 46.2 Å². The monoisotopic (exact) mass is 418 g/mol. The maximum absolute atomic E-state index is 13.4. The quantitative estimate of drug-likeness (QED) is 0.727. The summed E-state index contributed by atoms with van der Waals surface area (Å²) in [7, 11) is 0. The van der Waals surface area contributed by atoms with E-state index in [1.54, 1.807) is 12.1 Å². The lowest BCUT2D eigenvalue weighted by molar-refractivity contribution is 0.0174. The highest BCUT2D eigenvalue weighted by Crippen LogP contribution is 2.27. The summed E-state index contributed by atoms with van der Waals surface area (Å²) in [5.41, 5.74) is 3.20. The third kappa shape index (κ3) is 5.70. The summed E-state index contributed by atoms with van der Waals surface area (Å²) >= 11 is 5.60. The van der Waals surface area contributed by atoms with Gasteiger partial charge in [-0.15, -0.1) is 0 Å². The van der Waals surface area contributed by atoms with Crippen molar-refractivity contribution in [1.82, 2.24) is 14.8 Å². The third-order valence-electron chi connectivity index (χ3n) is 5.23. The number of pyridine rings is 1. The van der Waals surface area contributed by atoms with Crippen LogP contribution in [-0.4, -0.2) is 45.6 Å². The molecule has 1 aliphatic heterocycles. The van der Waals surface area contributed by atoms with Gasteiger partial charge in [0.15, 0.2) is 5.11 Å². The van der Waals surface area contributed by atoms with E-state index in [-0.39, 0.29) is 5.56 Å². The molecule has 0 aliphatic carbocycles. The Morgan fingerprint density at radius 1 is 1.21 bits per heavy atom. The SMILES string of the molecule is Cc1cc(C)nc(NC(=S)N2CCN(Cc3ccc(C(C)(F)F)cc3)[C@H](C)C2)c1. The molecule has 29 heavy (non-hydrogen) atoms. The summed E-state index contributed by atoms with van der Waals surface area (Å²) < 4.78 is 26.8. The lowest BCUT2D eigenvalue weighted by atomic mass is 10.1.